The number of aryl methyl sites for hydroxylation is 2. The Hall–Kier alpha value is -3.32. The highest BCUT2D eigenvalue weighted by molar-refractivity contribution is 7.17. The number of hydrogen-bond donors (Lipinski definition) is 2. The van der Waals surface area contributed by atoms with Gasteiger partial charge in [-0.15, -0.1) is 11.3 Å². The van der Waals surface area contributed by atoms with Gasteiger partial charge in [-0.05, 0) is 55.5 Å². The summed E-state index contributed by atoms with van der Waals surface area (Å²) in [6.07, 6.45) is 6.24. The Kier molecular flexibility index (Phi) is 5.11. The Morgan fingerprint density at radius 1 is 1.16 bits per heavy atom. The molecule has 1 aliphatic rings. The predicted octanol–water partition coefficient (Wildman–Crippen LogP) is 5.00. The van der Waals surface area contributed by atoms with Crippen LogP contribution in [0, 0.1) is 6.92 Å². The maximum absolute atomic E-state index is 13.0. The lowest BCUT2D eigenvalue weighted by Crippen LogP contribution is -2.25. The Morgan fingerprint density at radius 2 is 2.06 bits per heavy atom. The monoisotopic (exact) mass is 434 g/mol. The maximum atomic E-state index is 13.0. The molecular formula is C24H22N2O4S. The zero-order chi connectivity index (χ0) is 21.4. The first kappa shape index (κ1) is 19.6. The molecule has 6 nitrogen and oxygen atoms in total. The van der Waals surface area contributed by atoms with Crippen molar-refractivity contribution >= 4 is 39.1 Å². The van der Waals surface area contributed by atoms with E-state index in [2.05, 4.69) is 10.6 Å². The average Bonchev–Trinajstić information content (AvgIpc) is 3.51. The van der Waals surface area contributed by atoms with E-state index >= 15 is 0 Å². The first-order chi connectivity index (χ1) is 15.1. The third-order valence-corrected chi connectivity index (χ3v) is 6.77. The number of carbonyl (C=O) groups is 2. The van der Waals surface area contributed by atoms with Crippen molar-refractivity contribution in [2.75, 3.05) is 5.32 Å². The molecule has 0 fully saturated rings. The molecule has 0 saturated carbocycles. The lowest BCUT2D eigenvalue weighted by molar-refractivity contribution is -0.115. The van der Waals surface area contributed by atoms with Crippen molar-refractivity contribution < 1.29 is 18.4 Å². The zero-order valence-electron chi connectivity index (χ0n) is 17.1. The average molecular weight is 435 g/mol. The molecule has 31 heavy (non-hydrogen) atoms. The molecule has 4 aromatic rings. The molecule has 5 rings (SSSR count). The lowest BCUT2D eigenvalue weighted by Gasteiger charge is -2.09. The van der Waals surface area contributed by atoms with Gasteiger partial charge >= 0.3 is 0 Å². The van der Waals surface area contributed by atoms with Gasteiger partial charge in [0.1, 0.15) is 16.3 Å². The Balaban J connectivity index is 1.34. The molecule has 3 heterocycles. The van der Waals surface area contributed by atoms with Crippen LogP contribution in [0.2, 0.25) is 0 Å². The highest BCUT2D eigenvalue weighted by Gasteiger charge is 2.27. The van der Waals surface area contributed by atoms with E-state index in [9.17, 15) is 9.59 Å². The molecule has 3 aromatic heterocycles. The number of furan rings is 2. The number of anilines is 1. The van der Waals surface area contributed by atoms with E-state index in [1.807, 2.05) is 31.2 Å². The minimum atomic E-state index is -0.185. The standard InChI is InChI=1S/C24H22N2O4S/c1-14-7-8-17-15(13-30-19(17)10-14)11-21(27)26-24-22(18-5-2-6-20(18)31-24)23(28)25-12-16-4-3-9-29-16/h3-4,7-10,13H,2,5-6,11-12H2,1H3,(H,25,28)(H,26,27). The fourth-order valence-electron chi connectivity index (χ4n) is 4.07. The molecule has 0 saturated heterocycles. The normalized spacial score (nSPS) is 12.8. The topological polar surface area (TPSA) is 84.5 Å². The van der Waals surface area contributed by atoms with Crippen LogP contribution in [0.5, 0.6) is 0 Å². The summed E-state index contributed by atoms with van der Waals surface area (Å²) in [4.78, 5) is 27.0. The summed E-state index contributed by atoms with van der Waals surface area (Å²) in [5.41, 5.74) is 4.36. The Morgan fingerprint density at radius 3 is 2.90 bits per heavy atom. The second kappa shape index (κ2) is 8.07. The molecule has 0 atom stereocenters. The van der Waals surface area contributed by atoms with Gasteiger partial charge in [0, 0.05) is 15.8 Å². The van der Waals surface area contributed by atoms with Crippen LogP contribution in [-0.4, -0.2) is 11.8 Å². The second-order valence-electron chi connectivity index (χ2n) is 7.81. The van der Waals surface area contributed by atoms with Crippen molar-refractivity contribution in [3.63, 3.8) is 0 Å². The molecule has 2 amide bonds. The van der Waals surface area contributed by atoms with E-state index in [-0.39, 0.29) is 18.2 Å². The second-order valence-corrected chi connectivity index (χ2v) is 8.91. The van der Waals surface area contributed by atoms with Crippen molar-refractivity contribution in [2.45, 2.75) is 39.2 Å². The number of benzene rings is 1. The number of thiophene rings is 1. The van der Waals surface area contributed by atoms with Gasteiger partial charge in [0.05, 0.1) is 31.1 Å². The maximum Gasteiger partial charge on any atom is 0.254 e. The molecule has 0 unspecified atom stereocenters. The van der Waals surface area contributed by atoms with Crippen LogP contribution in [0.25, 0.3) is 11.0 Å². The fraction of sp³-hybridized carbons (Fsp3) is 0.250. The van der Waals surface area contributed by atoms with Gasteiger partial charge in [0.2, 0.25) is 5.91 Å². The molecule has 0 radical (unpaired) electrons. The fourth-order valence-corrected chi connectivity index (χ4v) is 5.38. The number of rotatable bonds is 6. The van der Waals surface area contributed by atoms with E-state index in [1.54, 1.807) is 18.6 Å². The van der Waals surface area contributed by atoms with E-state index in [4.69, 9.17) is 8.83 Å². The van der Waals surface area contributed by atoms with Crippen molar-refractivity contribution in [1.82, 2.24) is 5.32 Å². The van der Waals surface area contributed by atoms with Crippen LogP contribution < -0.4 is 10.6 Å². The number of hydrogen-bond acceptors (Lipinski definition) is 5. The first-order valence-corrected chi connectivity index (χ1v) is 11.1. The van der Waals surface area contributed by atoms with Gasteiger partial charge in [-0.1, -0.05) is 12.1 Å². The van der Waals surface area contributed by atoms with E-state index in [0.717, 1.165) is 46.9 Å². The Labute approximate surface area is 183 Å². The summed E-state index contributed by atoms with van der Waals surface area (Å²) in [7, 11) is 0. The Bertz CT molecular complexity index is 1270. The molecule has 0 bridgehead atoms. The summed E-state index contributed by atoms with van der Waals surface area (Å²) in [6, 6.07) is 9.55. The summed E-state index contributed by atoms with van der Waals surface area (Å²) in [5, 5.41) is 7.45. The van der Waals surface area contributed by atoms with Gasteiger partial charge in [0.25, 0.3) is 5.91 Å². The smallest absolute Gasteiger partial charge is 0.254 e. The molecule has 0 spiro atoms. The van der Waals surface area contributed by atoms with E-state index in [1.165, 1.54) is 16.2 Å². The third kappa shape index (κ3) is 3.88. The van der Waals surface area contributed by atoms with Gasteiger partial charge < -0.3 is 19.5 Å². The summed E-state index contributed by atoms with van der Waals surface area (Å²) < 4.78 is 10.9. The first-order valence-electron chi connectivity index (χ1n) is 10.3. The van der Waals surface area contributed by atoms with E-state index in [0.29, 0.717) is 22.9 Å². The highest BCUT2D eigenvalue weighted by atomic mass is 32.1. The number of carbonyl (C=O) groups excluding carboxylic acids is 2. The number of fused-ring (bicyclic) bond motifs is 2. The van der Waals surface area contributed by atoms with Crippen LogP contribution in [0.15, 0.2) is 51.7 Å². The van der Waals surface area contributed by atoms with Crippen molar-refractivity contribution in [3.8, 4) is 0 Å². The molecule has 7 heteroatoms. The lowest BCUT2D eigenvalue weighted by atomic mass is 10.1. The quantitative estimate of drug-likeness (QED) is 0.447. The number of amides is 2. The van der Waals surface area contributed by atoms with Crippen molar-refractivity contribution in [2.24, 2.45) is 0 Å². The van der Waals surface area contributed by atoms with Crippen molar-refractivity contribution in [1.29, 1.82) is 0 Å². The molecule has 1 aromatic carbocycles. The number of nitrogens with one attached hydrogen (secondary N) is 2. The van der Waals surface area contributed by atoms with Gasteiger partial charge in [-0.2, -0.15) is 0 Å². The third-order valence-electron chi connectivity index (χ3n) is 5.57. The van der Waals surface area contributed by atoms with Crippen LogP contribution in [0.4, 0.5) is 5.00 Å². The molecule has 158 valence electrons. The minimum absolute atomic E-state index is 0.164. The minimum Gasteiger partial charge on any atom is -0.467 e. The van der Waals surface area contributed by atoms with Crippen LogP contribution >= 0.6 is 11.3 Å². The van der Waals surface area contributed by atoms with Crippen LogP contribution in [0.3, 0.4) is 0 Å². The van der Waals surface area contributed by atoms with Gasteiger partial charge in [0.15, 0.2) is 0 Å². The zero-order valence-corrected chi connectivity index (χ0v) is 17.9. The van der Waals surface area contributed by atoms with Crippen LogP contribution in [0.1, 0.15) is 44.1 Å². The van der Waals surface area contributed by atoms with E-state index < -0.39 is 0 Å². The molecular weight excluding hydrogens is 412 g/mol. The van der Waals surface area contributed by atoms with Gasteiger partial charge in [-0.25, -0.2) is 0 Å². The summed E-state index contributed by atoms with van der Waals surface area (Å²) >= 11 is 1.51. The molecule has 2 N–H and O–H groups in total. The SMILES string of the molecule is Cc1ccc2c(CC(=O)Nc3sc4c(c3C(=O)NCc3ccco3)CCC4)coc2c1. The summed E-state index contributed by atoms with van der Waals surface area (Å²) in [6.45, 7) is 2.31. The highest BCUT2D eigenvalue weighted by Crippen LogP contribution is 2.39. The largest absolute Gasteiger partial charge is 0.467 e. The van der Waals surface area contributed by atoms with Crippen molar-refractivity contribution in [3.05, 3.63) is 75.7 Å². The molecule has 0 aliphatic heterocycles. The molecule has 1 aliphatic carbocycles. The predicted molar refractivity (Wildman–Crippen MR) is 120 cm³/mol. The van der Waals surface area contributed by atoms with Gasteiger partial charge in [-0.3, -0.25) is 9.59 Å². The van der Waals surface area contributed by atoms with Crippen LogP contribution in [-0.2, 0) is 30.6 Å². The summed E-state index contributed by atoms with van der Waals surface area (Å²) in [5.74, 6) is 0.339.